The molecule has 45 heavy (non-hydrogen) atoms. The number of rotatable bonds is 9. The fourth-order valence-electron chi connectivity index (χ4n) is 6.60. The number of hydrogen-bond donors (Lipinski definition) is 3. The maximum atomic E-state index is 15.5. The van der Waals surface area contributed by atoms with Crippen LogP contribution in [-0.2, 0) is 10.0 Å². The molecule has 1 aliphatic carbocycles. The number of piperidine rings is 1. The van der Waals surface area contributed by atoms with Gasteiger partial charge in [-0.05, 0) is 62.1 Å². The van der Waals surface area contributed by atoms with E-state index in [1.54, 1.807) is 24.4 Å². The molecule has 0 unspecified atom stereocenters. The van der Waals surface area contributed by atoms with Gasteiger partial charge in [0.2, 0.25) is 16.0 Å². The molecule has 3 fully saturated rings. The molecule has 2 aliphatic heterocycles. The Kier molecular flexibility index (Phi) is 8.00. The van der Waals surface area contributed by atoms with Gasteiger partial charge in [0, 0.05) is 70.3 Å². The number of halogens is 1. The minimum absolute atomic E-state index is 0.274. The number of aromatic amines is 1. The van der Waals surface area contributed by atoms with Gasteiger partial charge in [0.15, 0.2) is 0 Å². The molecular formula is C32H40FN9O2S. The number of fused-ring (bicyclic) bond motifs is 1. The summed E-state index contributed by atoms with van der Waals surface area (Å²) in [6.07, 6.45) is 7.75. The first-order valence-corrected chi connectivity index (χ1v) is 17.5. The lowest BCUT2D eigenvalue weighted by atomic mass is 10.0. The summed E-state index contributed by atoms with van der Waals surface area (Å²) >= 11 is 0. The Balaban J connectivity index is 1.03. The van der Waals surface area contributed by atoms with E-state index in [0.29, 0.717) is 40.3 Å². The second kappa shape index (κ2) is 12.1. The largest absolute Gasteiger partial charge is 0.369 e. The van der Waals surface area contributed by atoms with E-state index in [9.17, 15) is 8.42 Å². The lowest BCUT2D eigenvalue weighted by Crippen LogP contribution is -2.53. The average Bonchev–Trinajstić information content (AvgIpc) is 3.78. The van der Waals surface area contributed by atoms with E-state index in [1.807, 2.05) is 24.3 Å². The standard InChI is InChI=1S/C32H40FN9O2S/c1-39(45(2,43)44)29-6-4-3-5-27(29)36-31-25-11-14-34-30(25)37-32(38-31)35-22-7-10-28(26(33)21-22)42-15-12-24(13-16-42)41-19-17-40(18-20-41)23-8-9-23/h3-7,10-11,14,21,23-24H,8-9,12-13,15-20H2,1-2H3,(H3,34,35,36,37,38). The summed E-state index contributed by atoms with van der Waals surface area (Å²) in [5, 5.41) is 7.16. The van der Waals surface area contributed by atoms with Crippen LogP contribution < -0.4 is 19.8 Å². The fourth-order valence-corrected chi connectivity index (χ4v) is 7.12. The van der Waals surface area contributed by atoms with Crippen LogP contribution in [0.1, 0.15) is 25.7 Å². The third-order valence-corrected chi connectivity index (χ3v) is 10.5. The maximum Gasteiger partial charge on any atom is 0.232 e. The van der Waals surface area contributed by atoms with Gasteiger partial charge in [0.25, 0.3) is 0 Å². The van der Waals surface area contributed by atoms with E-state index in [0.717, 1.165) is 56.7 Å². The maximum absolute atomic E-state index is 15.5. The number of benzene rings is 2. The summed E-state index contributed by atoms with van der Waals surface area (Å²) in [5.74, 6) is 0.469. The van der Waals surface area contributed by atoms with Gasteiger partial charge in [-0.2, -0.15) is 9.97 Å². The predicted molar refractivity (Wildman–Crippen MR) is 178 cm³/mol. The van der Waals surface area contributed by atoms with Gasteiger partial charge in [-0.1, -0.05) is 12.1 Å². The zero-order valence-corrected chi connectivity index (χ0v) is 26.5. The quantitative estimate of drug-likeness (QED) is 0.241. The summed E-state index contributed by atoms with van der Waals surface area (Å²) in [7, 11) is -1.97. The van der Waals surface area contributed by atoms with Crippen molar-refractivity contribution in [3.05, 3.63) is 60.5 Å². The summed E-state index contributed by atoms with van der Waals surface area (Å²) in [6.45, 7) is 6.34. The molecule has 0 spiro atoms. The van der Waals surface area contributed by atoms with Gasteiger partial charge >= 0.3 is 0 Å². The number of piperazine rings is 1. The van der Waals surface area contributed by atoms with Gasteiger partial charge in [-0.3, -0.25) is 14.1 Å². The number of nitrogens with zero attached hydrogens (tertiary/aromatic N) is 6. The molecule has 4 aromatic rings. The molecule has 2 aromatic heterocycles. The first kappa shape index (κ1) is 29.8. The third kappa shape index (κ3) is 6.42. The molecule has 2 saturated heterocycles. The van der Waals surface area contributed by atoms with Crippen LogP contribution >= 0.6 is 0 Å². The highest BCUT2D eigenvalue weighted by molar-refractivity contribution is 7.92. The lowest BCUT2D eigenvalue weighted by molar-refractivity contribution is 0.0808. The molecule has 13 heteroatoms. The molecule has 0 radical (unpaired) electrons. The molecular weight excluding hydrogens is 593 g/mol. The SMILES string of the molecule is CN(c1ccccc1Nc1nc(Nc2ccc(N3CCC(N4CCN(C5CC5)CC4)CC3)c(F)c2)nc2[nH]ccc12)S(C)(=O)=O. The van der Waals surface area contributed by atoms with Crippen molar-refractivity contribution >= 4 is 55.6 Å². The average molecular weight is 634 g/mol. The number of hydrogen-bond acceptors (Lipinski definition) is 9. The number of sulfonamides is 1. The van der Waals surface area contributed by atoms with Crippen LogP contribution in [0.4, 0.5) is 38.9 Å². The molecule has 0 atom stereocenters. The normalized spacial score (nSPS) is 18.8. The number of anilines is 6. The topological polar surface area (TPSA) is 113 Å². The van der Waals surface area contributed by atoms with Gasteiger partial charge in [-0.25, -0.2) is 12.8 Å². The van der Waals surface area contributed by atoms with Crippen LogP contribution in [0.25, 0.3) is 11.0 Å². The van der Waals surface area contributed by atoms with Crippen molar-refractivity contribution in [3.8, 4) is 0 Å². The summed E-state index contributed by atoms with van der Waals surface area (Å²) < 4.78 is 41.2. The Labute approximate surface area is 263 Å². The summed E-state index contributed by atoms with van der Waals surface area (Å²) in [6, 6.07) is 15.5. The molecule has 1 saturated carbocycles. The van der Waals surface area contributed by atoms with Crippen molar-refractivity contribution < 1.29 is 12.8 Å². The molecule has 0 amide bonds. The van der Waals surface area contributed by atoms with Crippen LogP contribution in [0.3, 0.4) is 0 Å². The Bertz CT molecular complexity index is 1780. The van der Waals surface area contributed by atoms with Crippen molar-refractivity contribution in [2.24, 2.45) is 0 Å². The number of aromatic nitrogens is 3. The first-order valence-electron chi connectivity index (χ1n) is 15.7. The molecule has 0 bridgehead atoms. The van der Waals surface area contributed by atoms with Crippen molar-refractivity contribution in [1.82, 2.24) is 24.8 Å². The molecule has 3 aliphatic rings. The number of H-pyrrole nitrogens is 1. The Morgan fingerprint density at radius 3 is 2.24 bits per heavy atom. The molecule has 238 valence electrons. The second-order valence-corrected chi connectivity index (χ2v) is 14.3. The van der Waals surface area contributed by atoms with Crippen LogP contribution in [0.2, 0.25) is 0 Å². The van der Waals surface area contributed by atoms with Crippen molar-refractivity contribution in [2.75, 3.05) is 72.4 Å². The second-order valence-electron chi connectivity index (χ2n) is 12.3. The zero-order valence-electron chi connectivity index (χ0n) is 25.7. The summed E-state index contributed by atoms with van der Waals surface area (Å²) in [4.78, 5) is 19.8. The van der Waals surface area contributed by atoms with E-state index < -0.39 is 10.0 Å². The van der Waals surface area contributed by atoms with E-state index in [4.69, 9.17) is 0 Å². The Morgan fingerprint density at radius 2 is 1.58 bits per heavy atom. The minimum atomic E-state index is -3.48. The monoisotopic (exact) mass is 633 g/mol. The molecule has 3 N–H and O–H groups in total. The molecule has 4 heterocycles. The first-order chi connectivity index (χ1) is 21.7. The van der Waals surface area contributed by atoms with Gasteiger partial charge in [0.05, 0.1) is 28.7 Å². The Hall–Kier alpha value is -3.94. The van der Waals surface area contributed by atoms with Crippen molar-refractivity contribution in [2.45, 2.75) is 37.8 Å². The van der Waals surface area contributed by atoms with E-state index >= 15 is 4.39 Å². The Morgan fingerprint density at radius 1 is 0.889 bits per heavy atom. The highest BCUT2D eigenvalue weighted by atomic mass is 32.2. The molecule has 7 rings (SSSR count). The predicted octanol–water partition coefficient (Wildman–Crippen LogP) is 4.73. The lowest BCUT2D eigenvalue weighted by Gasteiger charge is -2.43. The van der Waals surface area contributed by atoms with Crippen LogP contribution in [0, 0.1) is 5.82 Å². The highest BCUT2D eigenvalue weighted by Gasteiger charge is 2.34. The van der Waals surface area contributed by atoms with Gasteiger partial charge in [-0.15, -0.1) is 0 Å². The minimum Gasteiger partial charge on any atom is -0.369 e. The highest BCUT2D eigenvalue weighted by Crippen LogP contribution is 2.33. The van der Waals surface area contributed by atoms with Crippen molar-refractivity contribution in [3.63, 3.8) is 0 Å². The van der Waals surface area contributed by atoms with Gasteiger partial charge < -0.3 is 20.5 Å². The van der Waals surface area contributed by atoms with E-state index in [2.05, 4.69) is 40.3 Å². The van der Waals surface area contributed by atoms with Crippen LogP contribution in [0.15, 0.2) is 54.7 Å². The summed E-state index contributed by atoms with van der Waals surface area (Å²) in [5.41, 5.74) is 2.78. The number of para-hydroxylation sites is 2. The zero-order chi connectivity index (χ0) is 31.1. The number of nitrogens with one attached hydrogen (secondary N) is 3. The van der Waals surface area contributed by atoms with Gasteiger partial charge in [0.1, 0.15) is 17.3 Å². The van der Waals surface area contributed by atoms with E-state index in [-0.39, 0.29) is 11.8 Å². The van der Waals surface area contributed by atoms with Crippen LogP contribution in [0.5, 0.6) is 0 Å². The van der Waals surface area contributed by atoms with Crippen LogP contribution in [-0.4, -0.2) is 97.8 Å². The van der Waals surface area contributed by atoms with Crippen molar-refractivity contribution in [1.29, 1.82) is 0 Å². The smallest absolute Gasteiger partial charge is 0.232 e. The fraction of sp³-hybridized carbons (Fsp3) is 0.438. The third-order valence-electron chi connectivity index (χ3n) is 9.35. The molecule has 2 aromatic carbocycles. The van der Waals surface area contributed by atoms with E-state index in [1.165, 1.54) is 43.4 Å². The molecule has 11 nitrogen and oxygen atoms in total.